The number of aryl methyl sites for hydroxylation is 1. The van der Waals surface area contributed by atoms with E-state index in [0.29, 0.717) is 81.7 Å². The van der Waals surface area contributed by atoms with E-state index in [4.69, 9.17) is 70.1 Å². The quantitative estimate of drug-likeness (QED) is 0.0882. The highest BCUT2D eigenvalue weighted by molar-refractivity contribution is 7.19. The predicted molar refractivity (Wildman–Crippen MR) is 480 cm³/mol. The Hall–Kier alpha value is -9.95. The van der Waals surface area contributed by atoms with E-state index >= 15 is 0 Å². The van der Waals surface area contributed by atoms with E-state index in [-0.39, 0.29) is 55.1 Å². The number of nitrogens with zero attached hydrogens (tertiary/aromatic N) is 6. The van der Waals surface area contributed by atoms with Crippen LogP contribution in [-0.2, 0) is 26.2 Å². The molecule has 3 fully saturated rings. The Morgan fingerprint density at radius 3 is 1.08 bits per heavy atom. The molecule has 3 atom stereocenters. The zero-order chi connectivity index (χ0) is 83.5. The third-order valence-corrected chi connectivity index (χ3v) is 28.4. The van der Waals surface area contributed by atoms with Crippen molar-refractivity contribution in [1.29, 1.82) is 0 Å². The molecule has 612 valence electrons. The summed E-state index contributed by atoms with van der Waals surface area (Å²) in [6.07, 6.45) is 0.952. The number of anilines is 6. The van der Waals surface area contributed by atoms with E-state index in [1.165, 1.54) is 54.5 Å². The van der Waals surface area contributed by atoms with E-state index in [1.807, 2.05) is 170 Å². The molecular formula is C93H85Cl4FN6O11S4. The van der Waals surface area contributed by atoms with Gasteiger partial charge >= 0.3 is 0 Å². The summed E-state index contributed by atoms with van der Waals surface area (Å²) in [4.78, 5) is 71.3. The summed E-state index contributed by atoms with van der Waals surface area (Å²) in [5.41, 5.74) is 12.3. The van der Waals surface area contributed by atoms with Gasteiger partial charge in [0.15, 0.2) is 11.5 Å². The SMILES string of the molecule is COc1cc(N2Cc3cc(-c4ccc(Cl)cc4)sc3C2=O)ccc1C.COc1cc(N2Cc3cc(-c4ccc(Cl)cc4)sc3C2=O)ccc1N1CC[C@@H](C)C1.COc1cc(N2Cc3cc(-c4ccc(Cl)cc4)sc3C2=O)ccc1N1C[C@@H](C)[C@H](O)C1.COc1cc(N2Cc3cc(-c4ccc(Cl)cc4)sc3C2=O)ccc1OCC1(O)CC(C)(F)C1. The topological polar surface area (TPSA) is 174 Å². The third-order valence-electron chi connectivity index (χ3n) is 22.5. The van der Waals surface area contributed by atoms with Gasteiger partial charge in [0.05, 0.1) is 91.6 Å². The van der Waals surface area contributed by atoms with Crippen LogP contribution >= 0.6 is 91.8 Å². The van der Waals surface area contributed by atoms with Gasteiger partial charge in [-0.15, -0.1) is 45.3 Å². The number of ether oxygens (including phenoxy) is 5. The number of amides is 4. The Bertz CT molecular complexity index is 5840. The molecule has 2 N–H and O–H groups in total. The lowest BCUT2D eigenvalue weighted by Crippen LogP contribution is -2.55. The molecule has 0 unspecified atom stereocenters. The second-order valence-corrected chi connectivity index (χ2v) is 37.2. The Kier molecular flexibility index (Phi) is 23.8. The first kappa shape index (κ1) is 82.7. The third kappa shape index (κ3) is 17.3. The first-order valence-corrected chi connectivity index (χ1v) is 43.7. The van der Waals surface area contributed by atoms with Crippen LogP contribution in [0.1, 0.15) is 107 Å². The lowest BCUT2D eigenvalue weighted by atomic mass is 9.70. The van der Waals surface area contributed by atoms with Gasteiger partial charge in [-0.2, -0.15) is 0 Å². The van der Waals surface area contributed by atoms with Crippen molar-refractivity contribution < 1.29 is 57.5 Å². The molecule has 0 bridgehead atoms. The Morgan fingerprint density at radius 1 is 0.429 bits per heavy atom. The first-order valence-electron chi connectivity index (χ1n) is 38.9. The highest BCUT2D eigenvalue weighted by atomic mass is 35.5. The number of β-amino-alcohol motifs (C(OH)–C–C–N with tert-alkyl or cyclic N) is 1. The van der Waals surface area contributed by atoms with E-state index in [9.17, 15) is 33.8 Å². The molecule has 12 aromatic rings. The zero-order valence-electron chi connectivity index (χ0n) is 66.5. The number of thiophene rings is 4. The number of halogens is 5. The van der Waals surface area contributed by atoms with Gasteiger partial charge in [-0.3, -0.25) is 19.2 Å². The number of fused-ring (bicyclic) bond motifs is 4. The van der Waals surface area contributed by atoms with Crippen molar-refractivity contribution in [2.75, 3.05) is 90.6 Å². The molecule has 8 aromatic carbocycles. The number of hydrogen-bond acceptors (Lipinski definition) is 17. The molecule has 119 heavy (non-hydrogen) atoms. The fourth-order valence-electron chi connectivity index (χ4n) is 16.3. The van der Waals surface area contributed by atoms with Crippen LogP contribution in [0.2, 0.25) is 20.1 Å². The number of benzene rings is 8. The predicted octanol–water partition coefficient (Wildman–Crippen LogP) is 22.6. The summed E-state index contributed by atoms with van der Waals surface area (Å²) >= 11 is 30.0. The molecule has 6 aliphatic heterocycles. The minimum absolute atomic E-state index is 0.0141. The summed E-state index contributed by atoms with van der Waals surface area (Å²) in [6.45, 7) is 13.4. The first-order chi connectivity index (χ1) is 57.2. The molecule has 26 heteroatoms. The number of aliphatic hydroxyl groups excluding tert-OH is 1. The molecule has 0 radical (unpaired) electrons. The van der Waals surface area contributed by atoms with Gasteiger partial charge in [0.1, 0.15) is 35.1 Å². The second kappa shape index (κ2) is 34.3. The van der Waals surface area contributed by atoms with Crippen molar-refractivity contribution in [1.82, 2.24) is 0 Å². The molecule has 2 saturated heterocycles. The average Bonchev–Trinajstić information content (AvgIpc) is 1.50. The van der Waals surface area contributed by atoms with Crippen LogP contribution in [0.5, 0.6) is 28.7 Å². The van der Waals surface area contributed by atoms with Gasteiger partial charge in [0.25, 0.3) is 23.6 Å². The van der Waals surface area contributed by atoms with Crippen molar-refractivity contribution in [2.45, 2.75) is 90.5 Å². The summed E-state index contributed by atoms with van der Waals surface area (Å²) in [5, 5.41) is 23.3. The normalized spacial score (nSPS) is 19.3. The van der Waals surface area contributed by atoms with Crippen LogP contribution in [0.15, 0.2) is 194 Å². The Balaban J connectivity index is 0.000000119. The van der Waals surface area contributed by atoms with Gasteiger partial charge < -0.3 is 63.3 Å². The number of rotatable bonds is 17. The van der Waals surface area contributed by atoms with E-state index < -0.39 is 11.3 Å². The summed E-state index contributed by atoms with van der Waals surface area (Å²) in [7, 11) is 6.50. The van der Waals surface area contributed by atoms with E-state index in [2.05, 4.69) is 41.0 Å². The number of aliphatic hydroxyl groups is 2. The van der Waals surface area contributed by atoms with Gasteiger partial charge in [0, 0.05) is 132 Å². The maximum atomic E-state index is 13.8. The monoisotopic (exact) mass is 1750 g/mol. The van der Waals surface area contributed by atoms with Crippen LogP contribution in [-0.4, -0.2) is 112 Å². The molecule has 7 aliphatic rings. The maximum absolute atomic E-state index is 13.8. The highest BCUT2D eigenvalue weighted by Crippen LogP contribution is 2.49. The van der Waals surface area contributed by atoms with Gasteiger partial charge in [0.2, 0.25) is 0 Å². The molecule has 4 amide bonds. The molecule has 1 aliphatic carbocycles. The standard InChI is InChI=1S/C25H23ClFNO4S.C24H23ClN2O3S.C24H23ClN2O2S.C20H16ClNO2S/c1-24(27)12-25(30,13-24)14-32-19-8-7-18(10-20(19)31-2)28-11-16-9-21(33-22(16)23(28)29)15-3-5-17(26)6-4-15;1-14-11-26(13-20(14)28)19-8-7-18(10-21(19)30-2)27-12-16-9-22(31-23(16)24(27)29)15-3-5-17(25)6-4-15;1-15-9-10-26(13-15)20-8-7-19(12-21(20)29-2)27-14-17-11-22(30-23(17)24(27)28)16-3-5-18(25)6-4-16;1-12-3-8-16(10-17(12)24-2)22-11-14-9-18(25-19(14)20(22)23)13-4-6-15(21)7-5-13/h3-10,30H,11-14H2,1-2H3;3-10,14,20,28H,11-13H2,1-2H3;3-8,11-12,15H,9-10,13-14H2,1-2H3;3-10H,11H2,1-2H3/t;14-,20-;15-;/m.11./s1. The fourth-order valence-corrected chi connectivity index (χ4v) is 21.3. The largest absolute Gasteiger partial charge is 0.496 e. The summed E-state index contributed by atoms with van der Waals surface area (Å²) in [5.74, 6) is 4.19. The van der Waals surface area contributed by atoms with Gasteiger partial charge in [-0.25, -0.2) is 4.39 Å². The molecule has 1 saturated carbocycles. The van der Waals surface area contributed by atoms with Crippen molar-refractivity contribution in [3.8, 4) is 70.5 Å². The van der Waals surface area contributed by atoms with Crippen molar-refractivity contribution >= 4 is 150 Å². The van der Waals surface area contributed by atoms with Crippen LogP contribution in [0.25, 0.3) is 41.8 Å². The maximum Gasteiger partial charge on any atom is 0.269 e. The number of hydrogen-bond donors (Lipinski definition) is 2. The molecule has 4 aromatic heterocycles. The lowest BCUT2D eigenvalue weighted by molar-refractivity contribution is -0.150. The molecular weight excluding hydrogens is 1670 g/mol. The number of carbonyl (C=O) groups is 4. The molecule has 0 spiro atoms. The molecule has 19 rings (SSSR count). The number of alkyl halides is 1. The van der Waals surface area contributed by atoms with Gasteiger partial charge in [-0.1, -0.05) is 115 Å². The van der Waals surface area contributed by atoms with Crippen LogP contribution in [0.4, 0.5) is 38.5 Å². The number of carbonyl (C=O) groups excluding carboxylic acids is 4. The Labute approximate surface area is 726 Å². The second-order valence-electron chi connectivity index (χ2n) is 31.2. The van der Waals surface area contributed by atoms with Gasteiger partial charge in [-0.05, 0) is 192 Å². The minimum atomic E-state index is -1.35. The average molecular weight is 1750 g/mol. The van der Waals surface area contributed by atoms with Crippen LogP contribution in [0.3, 0.4) is 0 Å². The lowest BCUT2D eigenvalue weighted by Gasteiger charge is -2.45. The smallest absolute Gasteiger partial charge is 0.269 e. The summed E-state index contributed by atoms with van der Waals surface area (Å²) < 4.78 is 41.7. The van der Waals surface area contributed by atoms with Crippen LogP contribution < -0.4 is 53.1 Å². The van der Waals surface area contributed by atoms with Crippen molar-refractivity contribution in [3.05, 3.63) is 262 Å². The van der Waals surface area contributed by atoms with E-state index in [1.54, 1.807) is 65.6 Å². The summed E-state index contributed by atoms with van der Waals surface area (Å²) in [6, 6.07) is 62.2. The fraction of sp³-hybridized carbons (Fsp3) is 0.269. The van der Waals surface area contributed by atoms with E-state index in [0.717, 1.165) is 149 Å². The molecule has 10 heterocycles. The zero-order valence-corrected chi connectivity index (χ0v) is 72.8. The number of methoxy groups -OCH3 is 4. The minimum Gasteiger partial charge on any atom is -0.496 e. The Morgan fingerprint density at radius 2 is 0.765 bits per heavy atom. The van der Waals surface area contributed by atoms with Crippen molar-refractivity contribution in [3.63, 3.8) is 0 Å². The van der Waals surface area contributed by atoms with Crippen LogP contribution in [0, 0.1) is 18.8 Å². The highest BCUT2D eigenvalue weighted by Gasteiger charge is 2.52. The van der Waals surface area contributed by atoms with Crippen molar-refractivity contribution in [2.24, 2.45) is 11.8 Å². The molecule has 17 nitrogen and oxygen atoms in total.